The molecule has 1 aliphatic rings. The van der Waals surface area contributed by atoms with Crippen LogP contribution in [0.25, 0.3) is 11.1 Å². The van der Waals surface area contributed by atoms with Crippen LogP contribution in [0.1, 0.15) is 0 Å². The normalized spacial score (nSPS) is 15.5. The van der Waals surface area contributed by atoms with Gasteiger partial charge in [0.15, 0.2) is 0 Å². The summed E-state index contributed by atoms with van der Waals surface area (Å²) in [5, 5.41) is 10.0. The molecule has 2 aromatic rings. The van der Waals surface area contributed by atoms with Gasteiger partial charge >= 0.3 is 0 Å². The van der Waals surface area contributed by atoms with Crippen molar-refractivity contribution in [2.45, 2.75) is 0 Å². The molecule has 3 rings (SSSR count). The van der Waals surface area contributed by atoms with Crippen LogP contribution in [-0.2, 0) is 4.74 Å². The van der Waals surface area contributed by atoms with E-state index in [0.29, 0.717) is 5.75 Å². The van der Waals surface area contributed by atoms with Crippen molar-refractivity contribution in [1.82, 2.24) is 0 Å². The third kappa shape index (κ3) is 2.42. The maximum atomic E-state index is 10.0. The average Bonchev–Trinajstić information content (AvgIpc) is 2.49. The molecule has 0 aliphatic carbocycles. The minimum absolute atomic E-state index is 0.322. The van der Waals surface area contributed by atoms with E-state index in [1.807, 2.05) is 30.3 Å². The molecular formula is C16H17NO2. The minimum Gasteiger partial charge on any atom is -0.507 e. The molecule has 0 radical (unpaired) electrons. The predicted molar refractivity (Wildman–Crippen MR) is 76.6 cm³/mol. The number of rotatable bonds is 2. The molecule has 1 saturated heterocycles. The number of hydrogen-bond donors (Lipinski definition) is 1. The topological polar surface area (TPSA) is 32.7 Å². The lowest BCUT2D eigenvalue weighted by Gasteiger charge is -2.30. The van der Waals surface area contributed by atoms with E-state index in [1.54, 1.807) is 6.07 Å². The van der Waals surface area contributed by atoms with Crippen LogP contribution < -0.4 is 4.90 Å². The highest BCUT2D eigenvalue weighted by molar-refractivity contribution is 5.82. The molecule has 1 heterocycles. The van der Waals surface area contributed by atoms with Crippen LogP contribution in [0.4, 0.5) is 5.69 Å². The second-order valence-electron chi connectivity index (χ2n) is 4.63. The first-order valence-corrected chi connectivity index (χ1v) is 6.56. The zero-order valence-electron chi connectivity index (χ0n) is 10.7. The molecule has 0 atom stereocenters. The van der Waals surface area contributed by atoms with Gasteiger partial charge in [0.25, 0.3) is 0 Å². The number of nitrogens with zero attached hydrogens (tertiary/aromatic N) is 1. The first-order chi connectivity index (χ1) is 9.36. The van der Waals surface area contributed by atoms with Gasteiger partial charge in [-0.05, 0) is 12.1 Å². The van der Waals surface area contributed by atoms with E-state index in [1.165, 1.54) is 0 Å². The maximum Gasteiger partial charge on any atom is 0.123 e. The molecule has 0 bridgehead atoms. The molecule has 1 aliphatic heterocycles. The molecule has 0 spiro atoms. The van der Waals surface area contributed by atoms with Crippen LogP contribution >= 0.6 is 0 Å². The molecular weight excluding hydrogens is 238 g/mol. The van der Waals surface area contributed by atoms with Crippen molar-refractivity contribution in [2.24, 2.45) is 0 Å². The van der Waals surface area contributed by atoms with E-state index in [4.69, 9.17) is 4.74 Å². The second kappa shape index (κ2) is 5.33. The predicted octanol–water partition coefficient (Wildman–Crippen LogP) is 2.90. The zero-order valence-corrected chi connectivity index (χ0v) is 10.7. The largest absolute Gasteiger partial charge is 0.507 e. The Hall–Kier alpha value is -2.00. The fraction of sp³-hybridized carbons (Fsp3) is 0.250. The molecule has 0 unspecified atom stereocenters. The number of hydrogen-bond acceptors (Lipinski definition) is 3. The number of phenols is 1. The summed E-state index contributed by atoms with van der Waals surface area (Å²) in [5.74, 6) is 0.322. The summed E-state index contributed by atoms with van der Waals surface area (Å²) in [6.45, 7) is 3.30. The molecule has 0 aromatic heterocycles. The standard InChI is InChI=1S/C16H17NO2/c18-16-8-4-2-6-14(16)13-5-1-3-7-15(13)17-9-11-19-12-10-17/h1-8,18H,9-12H2. The molecule has 1 fully saturated rings. The Balaban J connectivity index is 2.04. The van der Waals surface area contributed by atoms with Gasteiger partial charge in [-0.15, -0.1) is 0 Å². The van der Waals surface area contributed by atoms with Crippen molar-refractivity contribution in [1.29, 1.82) is 0 Å². The summed E-state index contributed by atoms with van der Waals surface area (Å²) in [6.07, 6.45) is 0. The molecule has 0 amide bonds. The summed E-state index contributed by atoms with van der Waals surface area (Å²) in [7, 11) is 0. The number of aromatic hydroxyl groups is 1. The van der Waals surface area contributed by atoms with Gasteiger partial charge in [-0.2, -0.15) is 0 Å². The molecule has 98 valence electrons. The smallest absolute Gasteiger partial charge is 0.123 e. The van der Waals surface area contributed by atoms with E-state index in [-0.39, 0.29) is 0 Å². The molecule has 19 heavy (non-hydrogen) atoms. The Bertz CT molecular complexity index is 562. The van der Waals surface area contributed by atoms with Crippen molar-refractivity contribution in [3.8, 4) is 16.9 Å². The van der Waals surface area contributed by atoms with E-state index in [0.717, 1.165) is 43.1 Å². The van der Waals surface area contributed by atoms with Crippen molar-refractivity contribution < 1.29 is 9.84 Å². The van der Waals surface area contributed by atoms with Crippen molar-refractivity contribution >= 4 is 5.69 Å². The van der Waals surface area contributed by atoms with Crippen molar-refractivity contribution in [3.63, 3.8) is 0 Å². The van der Waals surface area contributed by atoms with Gasteiger partial charge in [-0.25, -0.2) is 0 Å². The second-order valence-corrected chi connectivity index (χ2v) is 4.63. The van der Waals surface area contributed by atoms with Gasteiger partial charge in [-0.3, -0.25) is 0 Å². The van der Waals surface area contributed by atoms with Gasteiger partial charge in [0.1, 0.15) is 5.75 Å². The monoisotopic (exact) mass is 255 g/mol. The summed E-state index contributed by atoms with van der Waals surface area (Å²) in [6, 6.07) is 15.7. The molecule has 0 saturated carbocycles. The number of phenolic OH excluding ortho intramolecular Hbond substituents is 1. The van der Waals surface area contributed by atoms with Crippen LogP contribution in [0, 0.1) is 0 Å². The third-order valence-corrected chi connectivity index (χ3v) is 3.45. The van der Waals surface area contributed by atoms with Gasteiger partial charge in [0.2, 0.25) is 0 Å². The first kappa shape index (κ1) is 12.1. The lowest BCUT2D eigenvalue weighted by molar-refractivity contribution is 0.123. The van der Waals surface area contributed by atoms with Gasteiger partial charge in [-0.1, -0.05) is 36.4 Å². The van der Waals surface area contributed by atoms with Crippen LogP contribution in [0.15, 0.2) is 48.5 Å². The lowest BCUT2D eigenvalue weighted by atomic mass is 10.0. The fourth-order valence-corrected chi connectivity index (χ4v) is 2.48. The van der Waals surface area contributed by atoms with Crippen LogP contribution in [0.5, 0.6) is 5.75 Å². The molecule has 3 nitrogen and oxygen atoms in total. The summed E-state index contributed by atoms with van der Waals surface area (Å²) in [5.41, 5.74) is 3.11. The molecule has 2 aromatic carbocycles. The number of para-hydroxylation sites is 2. The Morgan fingerprint density at radius 3 is 2.21 bits per heavy atom. The molecule has 1 N–H and O–H groups in total. The first-order valence-electron chi connectivity index (χ1n) is 6.56. The SMILES string of the molecule is Oc1ccccc1-c1ccccc1N1CCOCC1. The average molecular weight is 255 g/mol. The van der Waals surface area contributed by atoms with E-state index in [2.05, 4.69) is 17.0 Å². The zero-order chi connectivity index (χ0) is 13.1. The number of benzene rings is 2. The number of morpholine rings is 1. The lowest BCUT2D eigenvalue weighted by Crippen LogP contribution is -2.36. The summed E-state index contributed by atoms with van der Waals surface area (Å²) in [4.78, 5) is 2.31. The number of anilines is 1. The highest BCUT2D eigenvalue weighted by Gasteiger charge is 2.16. The van der Waals surface area contributed by atoms with E-state index < -0.39 is 0 Å². The Kier molecular flexibility index (Phi) is 3.38. The summed E-state index contributed by atoms with van der Waals surface area (Å²) < 4.78 is 5.40. The Labute approximate surface area is 113 Å². The maximum absolute atomic E-state index is 10.0. The summed E-state index contributed by atoms with van der Waals surface area (Å²) >= 11 is 0. The van der Waals surface area contributed by atoms with Crippen molar-refractivity contribution in [2.75, 3.05) is 31.2 Å². The minimum atomic E-state index is 0.322. The van der Waals surface area contributed by atoms with Crippen LogP contribution in [0.3, 0.4) is 0 Å². The Morgan fingerprint density at radius 2 is 1.47 bits per heavy atom. The van der Waals surface area contributed by atoms with Gasteiger partial charge in [0.05, 0.1) is 13.2 Å². The highest BCUT2D eigenvalue weighted by Crippen LogP contribution is 2.36. The van der Waals surface area contributed by atoms with Crippen molar-refractivity contribution in [3.05, 3.63) is 48.5 Å². The van der Waals surface area contributed by atoms with E-state index >= 15 is 0 Å². The van der Waals surface area contributed by atoms with Crippen LogP contribution in [0.2, 0.25) is 0 Å². The Morgan fingerprint density at radius 1 is 0.842 bits per heavy atom. The van der Waals surface area contributed by atoms with E-state index in [9.17, 15) is 5.11 Å². The van der Waals surface area contributed by atoms with Gasteiger partial charge < -0.3 is 14.7 Å². The molecule has 3 heteroatoms. The highest BCUT2D eigenvalue weighted by atomic mass is 16.5. The quantitative estimate of drug-likeness (QED) is 0.895. The van der Waals surface area contributed by atoms with Gasteiger partial charge in [0, 0.05) is 29.9 Å². The number of ether oxygens (including phenoxy) is 1. The van der Waals surface area contributed by atoms with Crippen LogP contribution in [-0.4, -0.2) is 31.4 Å². The fourth-order valence-electron chi connectivity index (χ4n) is 2.48. The third-order valence-electron chi connectivity index (χ3n) is 3.45.